The number of hydrogen-bond donors (Lipinski definition) is 1. The van der Waals surface area contributed by atoms with Crippen molar-refractivity contribution >= 4 is 17.5 Å². The Morgan fingerprint density at radius 2 is 2.12 bits per heavy atom. The molecule has 5 nitrogen and oxygen atoms in total. The van der Waals surface area contributed by atoms with Gasteiger partial charge in [-0.3, -0.25) is 9.69 Å². The molecule has 0 aliphatic carbocycles. The minimum absolute atomic E-state index is 0.0739. The summed E-state index contributed by atoms with van der Waals surface area (Å²) in [6, 6.07) is 5.16. The number of β-amino-alcohol motifs (C(OH)–C–C–N with tert-alkyl or cyclic N) is 1. The first kappa shape index (κ1) is 19.0. The third kappa shape index (κ3) is 4.62. The molecule has 1 aromatic carbocycles. The maximum Gasteiger partial charge on any atom is 0.257 e. The molecule has 1 amide bonds. The van der Waals surface area contributed by atoms with E-state index in [1.807, 2.05) is 7.05 Å². The summed E-state index contributed by atoms with van der Waals surface area (Å²) in [4.78, 5) is 16.9. The predicted octanol–water partition coefficient (Wildman–Crippen LogP) is 2.51. The van der Waals surface area contributed by atoms with Crippen LogP contribution in [-0.2, 0) is 0 Å². The summed E-state index contributed by atoms with van der Waals surface area (Å²) in [6.07, 6.45) is 0.673. The number of aliphatic hydroxyl groups excluding tert-OH is 1. The summed E-state index contributed by atoms with van der Waals surface area (Å²) in [5, 5.41) is 10.0. The number of halogens is 1. The van der Waals surface area contributed by atoms with Crippen LogP contribution in [0.2, 0.25) is 5.02 Å². The number of benzene rings is 1. The van der Waals surface area contributed by atoms with Gasteiger partial charge in [0, 0.05) is 37.7 Å². The molecule has 1 N–H and O–H groups in total. The summed E-state index contributed by atoms with van der Waals surface area (Å²) < 4.78 is 5.31. The Kier molecular flexibility index (Phi) is 6.49. The number of hydrogen-bond acceptors (Lipinski definition) is 4. The van der Waals surface area contributed by atoms with Gasteiger partial charge in [0.2, 0.25) is 0 Å². The van der Waals surface area contributed by atoms with Crippen molar-refractivity contribution in [3.63, 3.8) is 0 Å². The largest absolute Gasteiger partial charge is 0.496 e. The van der Waals surface area contributed by atoms with Crippen LogP contribution in [-0.4, -0.2) is 66.8 Å². The van der Waals surface area contributed by atoms with Crippen molar-refractivity contribution < 1.29 is 14.6 Å². The minimum atomic E-state index is -0.234. The molecule has 134 valence electrons. The first-order chi connectivity index (χ1) is 11.3. The summed E-state index contributed by atoms with van der Waals surface area (Å²) in [6.45, 7) is 6.44. The molecule has 6 heteroatoms. The molecule has 0 bridgehead atoms. The Hall–Kier alpha value is -1.30. The Labute approximate surface area is 149 Å². The van der Waals surface area contributed by atoms with Crippen LogP contribution in [0.25, 0.3) is 0 Å². The fourth-order valence-corrected chi connectivity index (χ4v) is 3.25. The van der Waals surface area contributed by atoms with E-state index in [-0.39, 0.29) is 18.1 Å². The van der Waals surface area contributed by atoms with Crippen molar-refractivity contribution in [1.82, 2.24) is 9.80 Å². The van der Waals surface area contributed by atoms with Crippen LogP contribution in [0.3, 0.4) is 0 Å². The lowest BCUT2D eigenvalue weighted by molar-refractivity contribution is -0.0123. The lowest BCUT2D eigenvalue weighted by Crippen LogP contribution is -2.56. The molecule has 0 aromatic heterocycles. The zero-order valence-corrected chi connectivity index (χ0v) is 15.6. The second kappa shape index (κ2) is 8.19. The zero-order chi connectivity index (χ0) is 17.9. The van der Waals surface area contributed by atoms with Gasteiger partial charge in [0.15, 0.2) is 0 Å². The van der Waals surface area contributed by atoms with Gasteiger partial charge >= 0.3 is 0 Å². The maximum absolute atomic E-state index is 12.9. The van der Waals surface area contributed by atoms with E-state index in [1.54, 1.807) is 23.1 Å². The van der Waals surface area contributed by atoms with E-state index in [1.165, 1.54) is 7.11 Å². The molecule has 1 heterocycles. The number of carbonyl (C=O) groups excluding carboxylic acids is 1. The van der Waals surface area contributed by atoms with Gasteiger partial charge in [0.05, 0.1) is 18.8 Å². The van der Waals surface area contributed by atoms with E-state index >= 15 is 0 Å². The molecule has 0 unspecified atom stereocenters. The highest BCUT2D eigenvalue weighted by molar-refractivity contribution is 6.30. The second-order valence-electron chi connectivity index (χ2n) is 6.92. The summed E-state index contributed by atoms with van der Waals surface area (Å²) in [5.41, 5.74) is 0.516. The van der Waals surface area contributed by atoms with Crippen molar-refractivity contribution in [3.8, 4) is 5.75 Å². The molecule has 1 fully saturated rings. The van der Waals surface area contributed by atoms with Crippen LogP contribution >= 0.6 is 11.6 Å². The lowest BCUT2D eigenvalue weighted by Gasteiger charge is -2.41. The van der Waals surface area contributed by atoms with Gasteiger partial charge < -0.3 is 14.7 Å². The molecule has 2 rings (SSSR count). The van der Waals surface area contributed by atoms with Crippen LogP contribution in [0.4, 0.5) is 0 Å². The summed E-state index contributed by atoms with van der Waals surface area (Å²) in [5.74, 6) is 0.890. The van der Waals surface area contributed by atoms with E-state index in [4.69, 9.17) is 16.3 Å². The lowest BCUT2D eigenvalue weighted by atomic mass is 9.99. The normalized spacial score (nSPS) is 16.8. The number of ether oxygens (including phenoxy) is 1. The van der Waals surface area contributed by atoms with Crippen LogP contribution in [0.15, 0.2) is 18.2 Å². The fourth-order valence-electron chi connectivity index (χ4n) is 3.09. The van der Waals surface area contributed by atoms with Crippen molar-refractivity contribution in [1.29, 1.82) is 0 Å². The highest BCUT2D eigenvalue weighted by atomic mass is 35.5. The van der Waals surface area contributed by atoms with E-state index in [0.717, 1.165) is 13.0 Å². The van der Waals surface area contributed by atoms with Gasteiger partial charge in [-0.25, -0.2) is 0 Å². The third-order valence-electron chi connectivity index (χ3n) is 4.41. The molecule has 0 saturated carbocycles. The SMILES string of the molecule is COc1cc(Cl)ccc1C(=O)N(C)[C@@H](CC(C)C)CN1CC(O)C1. The first-order valence-corrected chi connectivity index (χ1v) is 8.70. The molecule has 0 spiro atoms. The number of carbonyl (C=O) groups is 1. The second-order valence-corrected chi connectivity index (χ2v) is 7.35. The van der Waals surface area contributed by atoms with Crippen LogP contribution in [0.5, 0.6) is 5.75 Å². The Bertz CT molecular complexity index is 573. The van der Waals surface area contributed by atoms with Crippen molar-refractivity contribution in [2.75, 3.05) is 33.8 Å². The average molecular weight is 355 g/mol. The maximum atomic E-state index is 12.9. The first-order valence-electron chi connectivity index (χ1n) is 8.33. The van der Waals surface area contributed by atoms with Crippen molar-refractivity contribution in [2.45, 2.75) is 32.4 Å². The fraction of sp³-hybridized carbons (Fsp3) is 0.611. The molecular weight excluding hydrogens is 328 g/mol. The zero-order valence-electron chi connectivity index (χ0n) is 14.8. The predicted molar refractivity (Wildman–Crippen MR) is 95.8 cm³/mol. The molecule has 1 saturated heterocycles. The Morgan fingerprint density at radius 3 is 2.67 bits per heavy atom. The number of likely N-dealkylation sites (N-methyl/N-ethyl adjacent to an activating group) is 1. The standard InChI is InChI=1S/C18H27ClN2O3/c1-12(2)7-14(9-21-10-15(22)11-21)20(3)18(23)16-6-5-13(19)8-17(16)24-4/h5-6,8,12,14-15,22H,7,9-11H2,1-4H3/t14-/m0/s1. The Balaban J connectivity index is 2.15. The smallest absolute Gasteiger partial charge is 0.257 e. The van der Waals surface area contributed by atoms with E-state index < -0.39 is 0 Å². The topological polar surface area (TPSA) is 53.0 Å². The molecular formula is C18H27ClN2O3. The van der Waals surface area contributed by atoms with Crippen LogP contribution in [0, 0.1) is 5.92 Å². The van der Waals surface area contributed by atoms with Gasteiger partial charge in [0.1, 0.15) is 5.75 Å². The number of likely N-dealkylation sites (tertiary alicyclic amines) is 1. The molecule has 1 aromatic rings. The van der Waals surface area contributed by atoms with Gasteiger partial charge in [0.25, 0.3) is 5.91 Å². The van der Waals surface area contributed by atoms with Crippen molar-refractivity contribution in [3.05, 3.63) is 28.8 Å². The van der Waals surface area contributed by atoms with Crippen molar-refractivity contribution in [2.24, 2.45) is 5.92 Å². The minimum Gasteiger partial charge on any atom is -0.496 e. The highest BCUT2D eigenvalue weighted by Gasteiger charge is 2.31. The van der Waals surface area contributed by atoms with Gasteiger partial charge in [-0.15, -0.1) is 0 Å². The molecule has 0 radical (unpaired) electrons. The summed E-state index contributed by atoms with van der Waals surface area (Å²) in [7, 11) is 3.37. The number of aliphatic hydroxyl groups is 1. The Morgan fingerprint density at radius 1 is 1.46 bits per heavy atom. The number of methoxy groups -OCH3 is 1. The molecule has 24 heavy (non-hydrogen) atoms. The highest BCUT2D eigenvalue weighted by Crippen LogP contribution is 2.26. The number of amides is 1. The van der Waals surface area contributed by atoms with Gasteiger partial charge in [-0.2, -0.15) is 0 Å². The number of rotatable bonds is 7. The average Bonchev–Trinajstić information content (AvgIpc) is 2.50. The van der Waals surface area contributed by atoms with E-state index in [9.17, 15) is 9.90 Å². The monoisotopic (exact) mass is 354 g/mol. The van der Waals surface area contributed by atoms with Crippen LogP contribution < -0.4 is 4.74 Å². The molecule has 1 aliphatic heterocycles. The van der Waals surface area contributed by atoms with E-state index in [2.05, 4.69) is 18.7 Å². The van der Waals surface area contributed by atoms with Gasteiger partial charge in [-0.05, 0) is 30.5 Å². The van der Waals surface area contributed by atoms with Gasteiger partial charge in [-0.1, -0.05) is 25.4 Å². The summed E-state index contributed by atoms with van der Waals surface area (Å²) >= 11 is 5.98. The quantitative estimate of drug-likeness (QED) is 0.817. The number of nitrogens with zero attached hydrogens (tertiary/aromatic N) is 2. The molecule has 1 aliphatic rings. The van der Waals surface area contributed by atoms with E-state index in [0.29, 0.717) is 35.3 Å². The third-order valence-corrected chi connectivity index (χ3v) is 4.65. The molecule has 1 atom stereocenters. The van der Waals surface area contributed by atoms with Crippen LogP contribution in [0.1, 0.15) is 30.6 Å².